The average molecular weight is 166 g/mol. The van der Waals surface area contributed by atoms with Gasteiger partial charge in [-0.15, -0.1) is 0 Å². The molecule has 68 valence electrons. The predicted molar refractivity (Wildman–Crippen MR) is 50.9 cm³/mol. The highest BCUT2D eigenvalue weighted by atomic mass is 15.0. The molecule has 1 heterocycles. The van der Waals surface area contributed by atoms with Crippen LogP contribution < -0.4 is 0 Å². The summed E-state index contributed by atoms with van der Waals surface area (Å²) in [5.74, 6) is 0.845. The summed E-state index contributed by atoms with van der Waals surface area (Å²) >= 11 is 0. The Bertz CT molecular complexity index is 192. The third-order valence-corrected chi connectivity index (χ3v) is 2.22. The van der Waals surface area contributed by atoms with Crippen LogP contribution in [-0.2, 0) is 6.54 Å². The quantitative estimate of drug-likeness (QED) is 0.657. The van der Waals surface area contributed by atoms with Crippen LogP contribution >= 0.6 is 0 Å². The van der Waals surface area contributed by atoms with E-state index >= 15 is 0 Å². The van der Waals surface area contributed by atoms with Gasteiger partial charge in [0, 0.05) is 18.9 Å². The Kier molecular flexibility index (Phi) is 3.85. The molecule has 0 radical (unpaired) electrons. The third kappa shape index (κ3) is 3.07. The average Bonchev–Trinajstić information content (AvgIpc) is 2.53. The van der Waals surface area contributed by atoms with E-state index in [4.69, 9.17) is 0 Å². The summed E-state index contributed by atoms with van der Waals surface area (Å²) < 4.78 is 2.14. The highest BCUT2D eigenvalue weighted by Crippen LogP contribution is 2.10. The van der Waals surface area contributed by atoms with Crippen LogP contribution in [0.25, 0.3) is 0 Å². The van der Waals surface area contributed by atoms with Crippen molar-refractivity contribution in [1.29, 1.82) is 0 Å². The zero-order valence-corrected chi connectivity index (χ0v) is 8.03. The van der Waals surface area contributed by atoms with Crippen LogP contribution in [-0.4, -0.2) is 9.55 Å². The molecule has 12 heavy (non-hydrogen) atoms. The van der Waals surface area contributed by atoms with Crippen LogP contribution in [0.4, 0.5) is 0 Å². The van der Waals surface area contributed by atoms with Gasteiger partial charge in [-0.2, -0.15) is 0 Å². The molecule has 1 unspecified atom stereocenters. The molecule has 0 aliphatic carbocycles. The zero-order chi connectivity index (χ0) is 8.81. The summed E-state index contributed by atoms with van der Waals surface area (Å²) in [4.78, 5) is 4.01. The van der Waals surface area contributed by atoms with Gasteiger partial charge in [-0.05, 0) is 12.3 Å². The maximum atomic E-state index is 4.01. The highest BCUT2D eigenvalue weighted by Gasteiger charge is 1.99. The topological polar surface area (TPSA) is 17.8 Å². The van der Waals surface area contributed by atoms with E-state index in [0.717, 1.165) is 12.5 Å². The maximum absolute atomic E-state index is 4.01. The molecular weight excluding hydrogens is 148 g/mol. The van der Waals surface area contributed by atoms with Crippen molar-refractivity contribution in [2.24, 2.45) is 5.92 Å². The fourth-order valence-electron chi connectivity index (χ4n) is 1.43. The molecule has 2 nitrogen and oxygen atoms in total. The lowest BCUT2D eigenvalue weighted by atomic mass is 10.0. The largest absolute Gasteiger partial charge is 0.337 e. The minimum Gasteiger partial charge on any atom is -0.337 e. The van der Waals surface area contributed by atoms with Crippen molar-refractivity contribution in [3.05, 3.63) is 18.7 Å². The summed E-state index contributed by atoms with van der Waals surface area (Å²) in [5, 5.41) is 0. The van der Waals surface area contributed by atoms with Crippen molar-refractivity contribution in [1.82, 2.24) is 9.55 Å². The molecule has 1 aromatic rings. The molecule has 1 aromatic heterocycles. The first-order valence-corrected chi connectivity index (χ1v) is 4.78. The Hall–Kier alpha value is -0.790. The van der Waals surface area contributed by atoms with Gasteiger partial charge < -0.3 is 4.57 Å². The van der Waals surface area contributed by atoms with E-state index in [0.29, 0.717) is 0 Å². The summed E-state index contributed by atoms with van der Waals surface area (Å²) in [6.07, 6.45) is 9.66. The standard InChI is InChI=1S/C10H18N2/c1-3-4-10(2)5-7-12-8-6-11-9-12/h6,8-10H,3-5,7H2,1-2H3. The van der Waals surface area contributed by atoms with Gasteiger partial charge in [-0.3, -0.25) is 0 Å². The molecule has 0 aromatic carbocycles. The van der Waals surface area contributed by atoms with Gasteiger partial charge in [0.15, 0.2) is 0 Å². The van der Waals surface area contributed by atoms with Crippen molar-refractivity contribution in [3.63, 3.8) is 0 Å². The van der Waals surface area contributed by atoms with E-state index in [9.17, 15) is 0 Å². The molecule has 0 bridgehead atoms. The monoisotopic (exact) mass is 166 g/mol. The smallest absolute Gasteiger partial charge is 0.0945 e. The first kappa shape index (κ1) is 9.30. The third-order valence-electron chi connectivity index (χ3n) is 2.22. The van der Waals surface area contributed by atoms with Crippen molar-refractivity contribution in [2.45, 2.75) is 39.7 Å². The SMILES string of the molecule is CCCC(C)CCn1ccnc1. The van der Waals surface area contributed by atoms with Gasteiger partial charge in [0.2, 0.25) is 0 Å². The molecule has 1 rings (SSSR count). The molecular formula is C10H18N2. The Labute approximate surface area is 74.6 Å². The zero-order valence-electron chi connectivity index (χ0n) is 8.03. The summed E-state index contributed by atoms with van der Waals surface area (Å²) in [6.45, 7) is 5.68. The van der Waals surface area contributed by atoms with Crippen LogP contribution in [0.3, 0.4) is 0 Å². The summed E-state index contributed by atoms with van der Waals surface area (Å²) in [5.41, 5.74) is 0. The fourth-order valence-corrected chi connectivity index (χ4v) is 1.43. The molecule has 0 amide bonds. The van der Waals surface area contributed by atoms with Crippen LogP contribution in [0.1, 0.15) is 33.1 Å². The molecule has 1 atom stereocenters. The van der Waals surface area contributed by atoms with E-state index < -0.39 is 0 Å². The van der Waals surface area contributed by atoms with E-state index in [-0.39, 0.29) is 0 Å². The van der Waals surface area contributed by atoms with Crippen LogP contribution in [0.2, 0.25) is 0 Å². The van der Waals surface area contributed by atoms with Crippen molar-refractivity contribution in [2.75, 3.05) is 0 Å². The molecule has 0 fully saturated rings. The van der Waals surface area contributed by atoms with Crippen LogP contribution in [0.5, 0.6) is 0 Å². The Balaban J connectivity index is 2.17. The lowest BCUT2D eigenvalue weighted by Crippen LogP contribution is -2.01. The van der Waals surface area contributed by atoms with Crippen molar-refractivity contribution < 1.29 is 0 Å². The van der Waals surface area contributed by atoms with E-state index in [1.807, 2.05) is 18.7 Å². The summed E-state index contributed by atoms with van der Waals surface area (Å²) in [7, 11) is 0. The Morgan fingerprint density at radius 2 is 2.25 bits per heavy atom. The molecule has 0 spiro atoms. The lowest BCUT2D eigenvalue weighted by molar-refractivity contribution is 0.447. The Morgan fingerprint density at radius 3 is 2.83 bits per heavy atom. The van der Waals surface area contributed by atoms with Crippen molar-refractivity contribution >= 4 is 0 Å². The number of rotatable bonds is 5. The molecule has 2 heteroatoms. The Morgan fingerprint density at radius 1 is 1.42 bits per heavy atom. The van der Waals surface area contributed by atoms with Crippen LogP contribution in [0, 0.1) is 5.92 Å². The minimum absolute atomic E-state index is 0.845. The first-order chi connectivity index (χ1) is 5.83. The number of hydrogen-bond donors (Lipinski definition) is 0. The molecule has 0 N–H and O–H groups in total. The normalized spacial score (nSPS) is 13.2. The molecule has 0 saturated carbocycles. The summed E-state index contributed by atoms with van der Waals surface area (Å²) in [6, 6.07) is 0. The number of aryl methyl sites for hydroxylation is 1. The molecule has 0 aliphatic rings. The van der Waals surface area contributed by atoms with Crippen LogP contribution in [0.15, 0.2) is 18.7 Å². The fraction of sp³-hybridized carbons (Fsp3) is 0.700. The van der Waals surface area contributed by atoms with Gasteiger partial charge in [-0.1, -0.05) is 26.7 Å². The number of hydrogen-bond acceptors (Lipinski definition) is 1. The van der Waals surface area contributed by atoms with E-state index in [1.54, 1.807) is 0 Å². The highest BCUT2D eigenvalue weighted by molar-refractivity contribution is 4.74. The first-order valence-electron chi connectivity index (χ1n) is 4.78. The predicted octanol–water partition coefficient (Wildman–Crippen LogP) is 2.71. The second kappa shape index (κ2) is 4.96. The number of nitrogens with zero attached hydrogens (tertiary/aromatic N) is 2. The molecule has 0 saturated heterocycles. The number of aromatic nitrogens is 2. The number of imidazole rings is 1. The van der Waals surface area contributed by atoms with Gasteiger partial charge in [-0.25, -0.2) is 4.98 Å². The minimum atomic E-state index is 0.845. The lowest BCUT2D eigenvalue weighted by Gasteiger charge is -2.09. The van der Waals surface area contributed by atoms with Gasteiger partial charge in [0.05, 0.1) is 6.33 Å². The van der Waals surface area contributed by atoms with E-state index in [2.05, 4.69) is 23.4 Å². The van der Waals surface area contributed by atoms with E-state index in [1.165, 1.54) is 19.3 Å². The van der Waals surface area contributed by atoms with Gasteiger partial charge >= 0.3 is 0 Å². The second-order valence-electron chi connectivity index (χ2n) is 3.48. The van der Waals surface area contributed by atoms with Gasteiger partial charge in [0.25, 0.3) is 0 Å². The second-order valence-corrected chi connectivity index (χ2v) is 3.48. The van der Waals surface area contributed by atoms with Gasteiger partial charge in [0.1, 0.15) is 0 Å². The maximum Gasteiger partial charge on any atom is 0.0945 e. The van der Waals surface area contributed by atoms with Crippen molar-refractivity contribution in [3.8, 4) is 0 Å². The molecule has 0 aliphatic heterocycles.